The number of ether oxygens (including phenoxy) is 3. The van der Waals surface area contributed by atoms with Crippen molar-refractivity contribution in [1.82, 2.24) is 4.57 Å². The lowest BCUT2D eigenvalue weighted by atomic mass is 9.79. The van der Waals surface area contributed by atoms with Gasteiger partial charge in [-0.15, -0.1) is 0 Å². The van der Waals surface area contributed by atoms with Gasteiger partial charge in [0.25, 0.3) is 5.56 Å². The van der Waals surface area contributed by atoms with Crippen molar-refractivity contribution in [2.24, 2.45) is 5.92 Å². The fourth-order valence-corrected chi connectivity index (χ4v) is 4.33. The van der Waals surface area contributed by atoms with Crippen molar-refractivity contribution in [3.05, 3.63) is 87.3 Å². The van der Waals surface area contributed by atoms with Crippen LogP contribution in [0, 0.1) is 29.6 Å². The maximum absolute atomic E-state index is 13.7. The van der Waals surface area contributed by atoms with Gasteiger partial charge in [-0.1, -0.05) is 36.4 Å². The van der Waals surface area contributed by atoms with Crippen molar-refractivity contribution in [3.8, 4) is 23.3 Å². The summed E-state index contributed by atoms with van der Waals surface area (Å²) in [6, 6.07) is 19.0. The molecule has 0 aliphatic carbocycles. The number of pyridine rings is 1. The van der Waals surface area contributed by atoms with Crippen LogP contribution in [0.2, 0.25) is 0 Å². The van der Waals surface area contributed by atoms with Crippen LogP contribution in [0.3, 0.4) is 0 Å². The van der Waals surface area contributed by atoms with Crippen molar-refractivity contribution in [2.75, 3.05) is 14.2 Å². The first kappa shape index (κ1) is 22.2. The smallest absolute Gasteiger partial charge is 0.258 e. The number of rotatable bonds is 6. The van der Waals surface area contributed by atoms with E-state index < -0.39 is 11.8 Å². The van der Waals surface area contributed by atoms with Gasteiger partial charge in [0, 0.05) is 24.2 Å². The molecule has 1 N–H and O–H groups in total. The summed E-state index contributed by atoms with van der Waals surface area (Å²) in [6.45, 7) is 2.29. The maximum Gasteiger partial charge on any atom is 0.258 e. The lowest BCUT2D eigenvalue weighted by molar-refractivity contribution is 0.354. The van der Waals surface area contributed by atoms with Crippen LogP contribution >= 0.6 is 0 Å². The quantitative estimate of drug-likeness (QED) is 0.620. The van der Waals surface area contributed by atoms with E-state index in [0.717, 1.165) is 16.8 Å². The predicted molar refractivity (Wildman–Crippen MR) is 124 cm³/mol. The molecule has 2 unspecified atom stereocenters. The number of methoxy groups -OCH3 is 2. The summed E-state index contributed by atoms with van der Waals surface area (Å²) in [5, 5.41) is 18.0. The predicted octanol–water partition coefficient (Wildman–Crippen LogP) is 4.06. The second kappa shape index (κ2) is 9.21. The first-order valence-electron chi connectivity index (χ1n) is 10.6. The van der Waals surface area contributed by atoms with Crippen molar-refractivity contribution in [2.45, 2.75) is 25.8 Å². The van der Waals surface area contributed by atoms with Gasteiger partial charge in [-0.05, 0) is 36.6 Å². The molecule has 0 saturated heterocycles. The largest absolute Gasteiger partial charge is 0.493 e. The molecule has 0 amide bonds. The molecule has 0 radical (unpaired) electrons. The Kier molecular flexibility index (Phi) is 6.18. The molecule has 2 aromatic carbocycles. The Balaban J connectivity index is 1.75. The van der Waals surface area contributed by atoms with E-state index in [0.29, 0.717) is 35.8 Å². The first-order chi connectivity index (χ1) is 16.0. The third kappa shape index (κ3) is 4.08. The standard InChI is InChI=1S/C26H25N3O4/c1-16-13-22-24(23(18-7-5-4-6-8-18)19(15-27)25(28)33-22)26(30)29(16)12-11-17-9-10-20(31-2)21(14-17)32-3/h4-10,13-14,19,23,28H,11-12H2,1-3H3. The zero-order valence-corrected chi connectivity index (χ0v) is 18.8. The van der Waals surface area contributed by atoms with Gasteiger partial charge < -0.3 is 18.8 Å². The summed E-state index contributed by atoms with van der Waals surface area (Å²) in [5.41, 5.74) is 2.76. The molecule has 2 atom stereocenters. The second-order valence-corrected chi connectivity index (χ2v) is 7.92. The molecule has 0 saturated carbocycles. The molecule has 2 heterocycles. The summed E-state index contributed by atoms with van der Waals surface area (Å²) < 4.78 is 18.0. The molecule has 1 aromatic heterocycles. The lowest BCUT2D eigenvalue weighted by Crippen LogP contribution is -2.38. The van der Waals surface area contributed by atoms with Crippen LogP contribution < -0.4 is 19.8 Å². The summed E-state index contributed by atoms with van der Waals surface area (Å²) in [6.07, 6.45) is 0.605. The molecule has 3 aromatic rings. The van der Waals surface area contributed by atoms with E-state index in [-0.39, 0.29) is 11.5 Å². The highest BCUT2D eigenvalue weighted by atomic mass is 16.5. The summed E-state index contributed by atoms with van der Waals surface area (Å²) in [4.78, 5) is 13.7. The van der Waals surface area contributed by atoms with Crippen LogP contribution in [0.1, 0.15) is 28.3 Å². The number of aryl methyl sites for hydroxylation is 2. The molecule has 1 aliphatic rings. The number of hydrogen-bond donors (Lipinski definition) is 1. The Labute approximate surface area is 192 Å². The number of nitrogens with one attached hydrogen (secondary N) is 1. The number of aromatic nitrogens is 1. The van der Waals surface area contributed by atoms with Crippen LogP contribution in [-0.2, 0) is 13.0 Å². The topological polar surface area (TPSA) is 97.3 Å². The molecule has 1 aliphatic heterocycles. The Morgan fingerprint density at radius 1 is 1.09 bits per heavy atom. The molecule has 168 valence electrons. The molecule has 33 heavy (non-hydrogen) atoms. The number of nitrogens with zero attached hydrogens (tertiary/aromatic N) is 2. The van der Waals surface area contributed by atoms with Gasteiger partial charge in [0.1, 0.15) is 11.7 Å². The third-order valence-electron chi connectivity index (χ3n) is 6.02. The van der Waals surface area contributed by atoms with E-state index in [2.05, 4.69) is 6.07 Å². The van der Waals surface area contributed by atoms with Gasteiger partial charge in [-0.25, -0.2) is 0 Å². The SMILES string of the molecule is COc1ccc(CCn2c(C)cc3c(c2=O)C(c2ccccc2)C(C#N)C(=N)O3)cc1OC. The Hall–Kier alpha value is -4.05. The van der Waals surface area contributed by atoms with Gasteiger partial charge in [0.2, 0.25) is 5.90 Å². The van der Waals surface area contributed by atoms with Crippen molar-refractivity contribution in [1.29, 1.82) is 10.7 Å². The maximum atomic E-state index is 13.7. The zero-order valence-electron chi connectivity index (χ0n) is 18.8. The minimum absolute atomic E-state index is 0.138. The molecule has 7 nitrogen and oxygen atoms in total. The van der Waals surface area contributed by atoms with E-state index in [1.807, 2.05) is 55.5 Å². The monoisotopic (exact) mass is 443 g/mol. The number of hydrogen-bond acceptors (Lipinski definition) is 6. The number of benzene rings is 2. The molecule has 0 bridgehead atoms. The van der Waals surface area contributed by atoms with Crippen LogP contribution in [0.4, 0.5) is 0 Å². The van der Waals surface area contributed by atoms with E-state index in [4.69, 9.17) is 19.6 Å². The first-order valence-corrected chi connectivity index (χ1v) is 10.6. The van der Waals surface area contributed by atoms with Gasteiger partial charge in [-0.3, -0.25) is 10.2 Å². The second-order valence-electron chi connectivity index (χ2n) is 7.92. The molecule has 4 rings (SSSR count). The Bertz CT molecular complexity index is 1290. The highest BCUT2D eigenvalue weighted by Crippen LogP contribution is 2.40. The van der Waals surface area contributed by atoms with Crippen molar-refractivity contribution in [3.63, 3.8) is 0 Å². The van der Waals surface area contributed by atoms with E-state index in [9.17, 15) is 10.1 Å². The molecule has 7 heteroatoms. The minimum atomic E-state index is -0.866. The van der Waals surface area contributed by atoms with Crippen LogP contribution in [-0.4, -0.2) is 24.7 Å². The van der Waals surface area contributed by atoms with E-state index >= 15 is 0 Å². The average molecular weight is 444 g/mol. The number of fused-ring (bicyclic) bond motifs is 1. The van der Waals surface area contributed by atoms with Crippen molar-refractivity contribution >= 4 is 5.90 Å². The molecular formula is C26H25N3O4. The normalized spacial score (nSPS) is 17.0. The van der Waals surface area contributed by atoms with Crippen molar-refractivity contribution < 1.29 is 14.2 Å². The minimum Gasteiger partial charge on any atom is -0.493 e. The highest BCUT2D eigenvalue weighted by molar-refractivity contribution is 5.85. The fourth-order valence-electron chi connectivity index (χ4n) is 4.33. The summed E-state index contributed by atoms with van der Waals surface area (Å²) in [7, 11) is 3.18. The van der Waals surface area contributed by atoms with Gasteiger partial charge >= 0.3 is 0 Å². The number of nitriles is 1. The lowest BCUT2D eigenvalue weighted by Gasteiger charge is -2.30. The van der Waals surface area contributed by atoms with Gasteiger partial charge in [0.15, 0.2) is 11.5 Å². The fraction of sp³-hybridized carbons (Fsp3) is 0.269. The van der Waals surface area contributed by atoms with Crippen LogP contribution in [0.15, 0.2) is 59.4 Å². The van der Waals surface area contributed by atoms with E-state index in [1.54, 1.807) is 24.9 Å². The zero-order chi connectivity index (χ0) is 23.5. The van der Waals surface area contributed by atoms with Gasteiger partial charge in [-0.2, -0.15) is 5.26 Å². The molecular weight excluding hydrogens is 418 g/mol. The summed E-state index contributed by atoms with van der Waals surface area (Å²) in [5.74, 6) is 0.0714. The third-order valence-corrected chi connectivity index (χ3v) is 6.02. The highest BCUT2D eigenvalue weighted by Gasteiger charge is 2.39. The summed E-state index contributed by atoms with van der Waals surface area (Å²) >= 11 is 0. The van der Waals surface area contributed by atoms with Crippen LogP contribution in [0.25, 0.3) is 0 Å². The Morgan fingerprint density at radius 3 is 2.48 bits per heavy atom. The van der Waals surface area contributed by atoms with Crippen LogP contribution in [0.5, 0.6) is 17.2 Å². The van der Waals surface area contributed by atoms with E-state index in [1.165, 1.54) is 0 Å². The Morgan fingerprint density at radius 2 is 1.82 bits per heavy atom. The average Bonchev–Trinajstić information content (AvgIpc) is 2.83. The molecule has 0 spiro atoms. The van der Waals surface area contributed by atoms with Gasteiger partial charge in [0.05, 0.1) is 25.9 Å². The molecule has 0 fully saturated rings.